The first-order chi connectivity index (χ1) is 11.7. The Morgan fingerprint density at radius 3 is 2.48 bits per heavy atom. The largest absolute Gasteiger partial charge is 0.484 e. The van der Waals surface area contributed by atoms with Crippen molar-refractivity contribution >= 4 is 11.6 Å². The number of nitrogens with zero attached hydrogens (tertiary/aromatic N) is 2. The molecule has 1 amide bonds. The summed E-state index contributed by atoms with van der Waals surface area (Å²) in [5.74, 6) is -1.01. The Morgan fingerprint density at radius 1 is 1.32 bits per heavy atom. The molecule has 0 aromatic heterocycles. The molecule has 0 saturated heterocycles. The van der Waals surface area contributed by atoms with E-state index in [1.807, 2.05) is 18.7 Å². The molecule has 1 rings (SSSR count). The van der Waals surface area contributed by atoms with Gasteiger partial charge in [-0.1, -0.05) is 13.8 Å². The lowest BCUT2D eigenvalue weighted by molar-refractivity contribution is -0.385. The summed E-state index contributed by atoms with van der Waals surface area (Å²) in [6.07, 6.45) is -4.55. The van der Waals surface area contributed by atoms with Gasteiger partial charge in [0, 0.05) is 19.2 Å². The number of carbonyl (C=O) groups is 1. The van der Waals surface area contributed by atoms with Gasteiger partial charge in [-0.25, -0.2) is 0 Å². The van der Waals surface area contributed by atoms with Crippen LogP contribution in [0.5, 0.6) is 5.75 Å². The molecule has 7 nitrogen and oxygen atoms in total. The molecule has 0 atom stereocenters. The third-order valence-corrected chi connectivity index (χ3v) is 3.42. The van der Waals surface area contributed by atoms with Crippen molar-refractivity contribution in [2.24, 2.45) is 0 Å². The molecule has 140 valence electrons. The Kier molecular flexibility index (Phi) is 7.62. The molecule has 1 N–H and O–H groups in total. The second kappa shape index (κ2) is 9.21. The maximum atomic E-state index is 12.2. The summed E-state index contributed by atoms with van der Waals surface area (Å²) < 4.78 is 41.1. The molecule has 0 spiro atoms. The highest BCUT2D eigenvalue weighted by Crippen LogP contribution is 2.25. The topological polar surface area (TPSA) is 84.7 Å². The van der Waals surface area contributed by atoms with Gasteiger partial charge in [0.25, 0.3) is 11.6 Å². The predicted molar refractivity (Wildman–Crippen MR) is 84.8 cm³/mol. The first-order valence-corrected chi connectivity index (χ1v) is 7.66. The maximum Gasteiger partial charge on any atom is 0.422 e. The van der Waals surface area contributed by atoms with E-state index in [4.69, 9.17) is 0 Å². The van der Waals surface area contributed by atoms with Crippen LogP contribution in [0.25, 0.3) is 0 Å². The normalized spacial score (nSPS) is 11.4. The Balaban J connectivity index is 2.86. The SMILES string of the molecule is CCN(CC)CCNC(=O)c1cc(OCC(F)(F)F)ccc1[N+](=O)[O-]. The zero-order chi connectivity index (χ0) is 19.0. The average Bonchev–Trinajstić information content (AvgIpc) is 2.55. The fourth-order valence-corrected chi connectivity index (χ4v) is 2.07. The molecule has 0 aliphatic rings. The standard InChI is InChI=1S/C15H20F3N3O4/c1-3-20(4-2)8-7-19-14(22)12-9-11(25-10-15(16,17)18)5-6-13(12)21(23)24/h5-6,9H,3-4,7-8,10H2,1-2H3,(H,19,22). The summed E-state index contributed by atoms with van der Waals surface area (Å²) in [5, 5.41) is 13.6. The lowest BCUT2D eigenvalue weighted by atomic mass is 10.1. The highest BCUT2D eigenvalue weighted by molar-refractivity contribution is 5.98. The molecule has 0 aliphatic heterocycles. The number of nitro groups is 1. The number of nitrogens with one attached hydrogen (secondary N) is 1. The van der Waals surface area contributed by atoms with E-state index in [9.17, 15) is 28.1 Å². The van der Waals surface area contributed by atoms with Crippen molar-refractivity contribution in [3.8, 4) is 5.75 Å². The van der Waals surface area contributed by atoms with E-state index >= 15 is 0 Å². The fourth-order valence-electron chi connectivity index (χ4n) is 2.07. The molecular weight excluding hydrogens is 343 g/mol. The summed E-state index contributed by atoms with van der Waals surface area (Å²) >= 11 is 0. The monoisotopic (exact) mass is 363 g/mol. The molecule has 0 heterocycles. The van der Waals surface area contributed by atoms with Crippen molar-refractivity contribution in [2.45, 2.75) is 20.0 Å². The van der Waals surface area contributed by atoms with E-state index in [-0.39, 0.29) is 17.9 Å². The van der Waals surface area contributed by atoms with Gasteiger partial charge >= 0.3 is 6.18 Å². The van der Waals surface area contributed by atoms with Crippen LogP contribution < -0.4 is 10.1 Å². The summed E-state index contributed by atoms with van der Waals surface area (Å²) in [4.78, 5) is 24.5. The summed E-state index contributed by atoms with van der Waals surface area (Å²) in [5.41, 5.74) is -0.844. The number of alkyl halides is 3. The Morgan fingerprint density at radius 2 is 1.96 bits per heavy atom. The van der Waals surface area contributed by atoms with E-state index < -0.39 is 29.3 Å². The van der Waals surface area contributed by atoms with Crippen LogP contribution in [0.15, 0.2) is 18.2 Å². The number of halogens is 3. The maximum absolute atomic E-state index is 12.2. The van der Waals surface area contributed by atoms with Gasteiger partial charge < -0.3 is 15.0 Å². The van der Waals surface area contributed by atoms with Crippen molar-refractivity contribution in [1.29, 1.82) is 0 Å². The number of amides is 1. The Labute approximate surface area is 142 Å². The molecule has 0 unspecified atom stereocenters. The molecule has 0 aliphatic carbocycles. The second-order valence-electron chi connectivity index (χ2n) is 5.12. The first-order valence-electron chi connectivity index (χ1n) is 7.66. The van der Waals surface area contributed by atoms with Gasteiger partial charge in [-0.05, 0) is 25.2 Å². The molecule has 0 fully saturated rings. The number of carbonyl (C=O) groups excluding carboxylic acids is 1. The molecule has 1 aromatic rings. The van der Waals surface area contributed by atoms with E-state index in [2.05, 4.69) is 10.1 Å². The van der Waals surface area contributed by atoms with Gasteiger partial charge in [-0.15, -0.1) is 0 Å². The van der Waals surface area contributed by atoms with Crippen LogP contribution in [0.3, 0.4) is 0 Å². The van der Waals surface area contributed by atoms with Crippen LogP contribution in [0, 0.1) is 10.1 Å². The number of benzene rings is 1. The molecular formula is C15H20F3N3O4. The van der Waals surface area contributed by atoms with Crippen molar-refractivity contribution in [2.75, 3.05) is 32.8 Å². The van der Waals surface area contributed by atoms with Crippen LogP contribution in [-0.4, -0.2) is 54.7 Å². The van der Waals surface area contributed by atoms with E-state index in [0.717, 1.165) is 31.3 Å². The second-order valence-corrected chi connectivity index (χ2v) is 5.12. The minimum atomic E-state index is -4.55. The zero-order valence-corrected chi connectivity index (χ0v) is 13.9. The van der Waals surface area contributed by atoms with Gasteiger partial charge in [0.15, 0.2) is 6.61 Å². The average molecular weight is 363 g/mol. The predicted octanol–water partition coefficient (Wildman–Crippen LogP) is 2.61. The molecule has 1 aromatic carbocycles. The van der Waals surface area contributed by atoms with Crippen molar-refractivity contribution in [3.05, 3.63) is 33.9 Å². The van der Waals surface area contributed by atoms with Crippen molar-refractivity contribution < 1.29 is 27.6 Å². The number of rotatable bonds is 9. The number of ether oxygens (including phenoxy) is 1. The summed E-state index contributed by atoms with van der Waals surface area (Å²) in [6, 6.07) is 2.91. The summed E-state index contributed by atoms with van der Waals surface area (Å²) in [7, 11) is 0. The minimum absolute atomic E-state index is 0.255. The fraction of sp³-hybridized carbons (Fsp3) is 0.533. The zero-order valence-electron chi connectivity index (χ0n) is 13.9. The van der Waals surface area contributed by atoms with Crippen molar-refractivity contribution in [1.82, 2.24) is 10.2 Å². The quantitative estimate of drug-likeness (QED) is 0.538. The highest BCUT2D eigenvalue weighted by atomic mass is 19.4. The number of hydrogen-bond donors (Lipinski definition) is 1. The van der Waals surface area contributed by atoms with Gasteiger partial charge in [-0.3, -0.25) is 14.9 Å². The number of likely N-dealkylation sites (N-methyl/N-ethyl adjacent to an activating group) is 1. The van der Waals surface area contributed by atoms with Crippen LogP contribution >= 0.6 is 0 Å². The third kappa shape index (κ3) is 6.96. The van der Waals surface area contributed by atoms with E-state index in [0.29, 0.717) is 6.54 Å². The third-order valence-electron chi connectivity index (χ3n) is 3.42. The molecule has 25 heavy (non-hydrogen) atoms. The Bertz CT molecular complexity index is 604. The van der Waals surface area contributed by atoms with E-state index in [1.54, 1.807) is 0 Å². The van der Waals surface area contributed by atoms with Gasteiger partial charge in [0.2, 0.25) is 0 Å². The van der Waals surface area contributed by atoms with Crippen LogP contribution in [0.4, 0.5) is 18.9 Å². The number of nitro benzene ring substituents is 1. The van der Waals surface area contributed by atoms with Gasteiger partial charge in [0.05, 0.1) is 4.92 Å². The van der Waals surface area contributed by atoms with Crippen LogP contribution in [0.2, 0.25) is 0 Å². The highest BCUT2D eigenvalue weighted by Gasteiger charge is 2.29. The lowest BCUT2D eigenvalue weighted by Gasteiger charge is -2.18. The lowest BCUT2D eigenvalue weighted by Crippen LogP contribution is -2.35. The van der Waals surface area contributed by atoms with Crippen LogP contribution in [0.1, 0.15) is 24.2 Å². The molecule has 0 bridgehead atoms. The molecule has 10 heteroatoms. The van der Waals surface area contributed by atoms with Crippen LogP contribution in [-0.2, 0) is 0 Å². The summed E-state index contributed by atoms with van der Waals surface area (Å²) in [6.45, 7) is 4.74. The smallest absolute Gasteiger partial charge is 0.422 e. The van der Waals surface area contributed by atoms with Gasteiger partial charge in [-0.2, -0.15) is 13.2 Å². The molecule has 0 radical (unpaired) electrons. The molecule has 0 saturated carbocycles. The van der Waals surface area contributed by atoms with E-state index in [1.165, 1.54) is 0 Å². The first kappa shape index (κ1) is 20.7. The van der Waals surface area contributed by atoms with Gasteiger partial charge in [0.1, 0.15) is 11.3 Å². The Hall–Kier alpha value is -2.36. The number of hydrogen-bond acceptors (Lipinski definition) is 5. The minimum Gasteiger partial charge on any atom is -0.484 e. The van der Waals surface area contributed by atoms with Crippen molar-refractivity contribution in [3.63, 3.8) is 0 Å².